The van der Waals surface area contributed by atoms with E-state index in [0.29, 0.717) is 11.1 Å². The van der Waals surface area contributed by atoms with Crippen molar-refractivity contribution >= 4 is 49.3 Å². The minimum Gasteiger partial charge on any atom is -0.508 e. The summed E-state index contributed by atoms with van der Waals surface area (Å²) in [4.78, 5) is 27.1. The molecule has 0 aliphatic carbocycles. The summed E-state index contributed by atoms with van der Waals surface area (Å²) in [5, 5.41) is 26.2. The predicted octanol–water partition coefficient (Wildman–Crippen LogP) is 4.29. The summed E-state index contributed by atoms with van der Waals surface area (Å²) in [6, 6.07) is 16.2. The molecule has 4 aromatic rings. The molecule has 13 heteroatoms. The molecule has 1 spiro atoms. The Morgan fingerprint density at radius 1 is 0.900 bits per heavy atom. The first-order valence-electron chi connectivity index (χ1n) is 11.6. The third-order valence-electron chi connectivity index (χ3n) is 6.70. The number of nitrogens with two attached hydrogens (primary N) is 2. The lowest BCUT2D eigenvalue weighted by atomic mass is 9.76. The molecule has 0 aromatic heterocycles. The molecule has 0 saturated heterocycles. The number of ether oxygens (including phenoxy) is 2. The van der Waals surface area contributed by atoms with Crippen LogP contribution in [0.3, 0.4) is 0 Å². The molecule has 1 unspecified atom stereocenters. The highest BCUT2D eigenvalue weighted by Gasteiger charge is 2.55. The smallest absolute Gasteiger partial charge is 0.340 e. The standard InChI is InChI=1S/C27H18BrN3O8S/c28-19-12-15(40(30,36)37)6-8-20(19)31(26(29)35)21-9-14(33)11-23-24(21)27(18-7-5-13(32)10-22(18)38-23)17-4-2-1-3-16(17)25(34)39-27/h1-12,32-33H,(H2,29,35)(H2,30,36,37). The van der Waals surface area contributed by atoms with E-state index in [0.717, 1.165) is 4.90 Å². The Bertz CT molecular complexity index is 1900. The highest BCUT2D eigenvalue weighted by Crippen LogP contribution is 2.60. The first-order chi connectivity index (χ1) is 18.9. The van der Waals surface area contributed by atoms with Crippen molar-refractivity contribution in [3.05, 3.63) is 99.5 Å². The molecule has 2 amide bonds. The van der Waals surface area contributed by atoms with Gasteiger partial charge in [0.15, 0.2) is 5.60 Å². The summed E-state index contributed by atoms with van der Waals surface area (Å²) in [6.45, 7) is 0. The molecule has 2 aliphatic heterocycles. The average Bonchev–Trinajstić information content (AvgIpc) is 3.16. The van der Waals surface area contributed by atoms with Gasteiger partial charge >= 0.3 is 12.0 Å². The van der Waals surface area contributed by atoms with Crippen LogP contribution >= 0.6 is 15.9 Å². The molecule has 2 aliphatic rings. The Labute approximate surface area is 235 Å². The van der Waals surface area contributed by atoms with Crippen molar-refractivity contribution in [2.75, 3.05) is 4.90 Å². The highest BCUT2D eigenvalue weighted by atomic mass is 79.9. The van der Waals surface area contributed by atoms with Crippen molar-refractivity contribution in [3.63, 3.8) is 0 Å². The molecule has 0 saturated carbocycles. The molecule has 2 heterocycles. The molecule has 202 valence electrons. The number of benzene rings is 4. The number of amides is 2. The summed E-state index contributed by atoms with van der Waals surface area (Å²) >= 11 is 3.29. The predicted molar refractivity (Wildman–Crippen MR) is 145 cm³/mol. The lowest BCUT2D eigenvalue weighted by molar-refractivity contribution is 0.0226. The lowest BCUT2D eigenvalue weighted by Crippen LogP contribution is -2.38. The number of halogens is 1. The summed E-state index contributed by atoms with van der Waals surface area (Å²) < 4.78 is 36.1. The molecule has 6 rings (SSSR count). The number of nitrogens with zero attached hydrogens (tertiary/aromatic N) is 1. The first-order valence-corrected chi connectivity index (χ1v) is 13.9. The van der Waals surface area contributed by atoms with Gasteiger partial charge in [-0.05, 0) is 52.3 Å². The Balaban J connectivity index is 1.70. The van der Waals surface area contributed by atoms with E-state index >= 15 is 0 Å². The number of carbonyl (C=O) groups is 2. The number of hydrogen-bond donors (Lipinski definition) is 4. The number of primary amides is 1. The van der Waals surface area contributed by atoms with E-state index in [-0.39, 0.29) is 54.9 Å². The third-order valence-corrected chi connectivity index (χ3v) is 8.25. The SMILES string of the molecule is NC(=O)N(c1ccc(S(N)(=O)=O)cc1Br)c1cc(O)cc2c1C1(OC(=O)c3ccccc31)c1ccc(O)cc1O2. The molecule has 0 fully saturated rings. The van der Waals surface area contributed by atoms with E-state index in [1.807, 2.05) is 0 Å². The molecule has 4 aromatic carbocycles. The van der Waals surface area contributed by atoms with E-state index in [9.17, 15) is 28.2 Å². The molecule has 1 atom stereocenters. The van der Waals surface area contributed by atoms with Gasteiger partial charge in [-0.3, -0.25) is 4.90 Å². The lowest BCUT2D eigenvalue weighted by Gasteiger charge is -2.39. The van der Waals surface area contributed by atoms with Crippen LogP contribution in [0.2, 0.25) is 0 Å². The summed E-state index contributed by atoms with van der Waals surface area (Å²) in [5.41, 5.74) is 5.44. The maximum Gasteiger partial charge on any atom is 0.340 e. The van der Waals surface area contributed by atoms with Crippen LogP contribution in [-0.4, -0.2) is 30.6 Å². The number of phenolic OH excluding ortho intramolecular Hbond substituents is 2. The van der Waals surface area contributed by atoms with Crippen LogP contribution in [0.15, 0.2) is 82.2 Å². The number of sulfonamides is 1. The fourth-order valence-corrected chi connectivity index (χ4v) is 6.40. The van der Waals surface area contributed by atoms with Gasteiger partial charge in [0.25, 0.3) is 0 Å². The van der Waals surface area contributed by atoms with Crippen molar-refractivity contribution in [1.29, 1.82) is 0 Å². The van der Waals surface area contributed by atoms with Crippen LogP contribution in [0.5, 0.6) is 23.0 Å². The quantitative estimate of drug-likeness (QED) is 0.244. The molecule has 0 bridgehead atoms. The number of esters is 1. The Kier molecular flexibility index (Phi) is 5.59. The maximum absolute atomic E-state index is 13.2. The number of aromatic hydroxyl groups is 2. The van der Waals surface area contributed by atoms with Crippen LogP contribution in [0.4, 0.5) is 16.2 Å². The number of anilines is 2. The Morgan fingerprint density at radius 3 is 2.33 bits per heavy atom. The van der Waals surface area contributed by atoms with Gasteiger partial charge in [0.05, 0.1) is 27.4 Å². The highest BCUT2D eigenvalue weighted by molar-refractivity contribution is 9.10. The van der Waals surface area contributed by atoms with Gasteiger partial charge in [-0.2, -0.15) is 0 Å². The second-order valence-corrected chi connectivity index (χ2v) is 11.5. The molecule has 0 radical (unpaired) electrons. The van der Waals surface area contributed by atoms with Crippen LogP contribution in [0.25, 0.3) is 0 Å². The van der Waals surface area contributed by atoms with Crippen molar-refractivity contribution in [3.8, 4) is 23.0 Å². The van der Waals surface area contributed by atoms with Crippen molar-refractivity contribution < 1.29 is 37.7 Å². The number of carbonyl (C=O) groups excluding carboxylic acids is 2. The van der Waals surface area contributed by atoms with Gasteiger partial charge in [-0.1, -0.05) is 18.2 Å². The Morgan fingerprint density at radius 2 is 1.62 bits per heavy atom. The normalized spacial score (nSPS) is 16.9. The third kappa shape index (κ3) is 3.70. The number of hydrogen-bond acceptors (Lipinski definition) is 8. The van der Waals surface area contributed by atoms with E-state index in [1.54, 1.807) is 24.3 Å². The largest absolute Gasteiger partial charge is 0.508 e. The second kappa shape index (κ2) is 8.71. The van der Waals surface area contributed by atoms with E-state index < -0.39 is 27.6 Å². The van der Waals surface area contributed by atoms with Gasteiger partial charge in [0.1, 0.15) is 23.0 Å². The molecule has 6 N–H and O–H groups in total. The zero-order valence-electron chi connectivity index (χ0n) is 20.2. The van der Waals surface area contributed by atoms with Crippen LogP contribution in [-0.2, 0) is 20.4 Å². The molecular weight excluding hydrogens is 606 g/mol. The number of primary sulfonamides is 1. The summed E-state index contributed by atoms with van der Waals surface area (Å²) in [7, 11) is -4.07. The fourth-order valence-electron chi connectivity index (χ4n) is 5.15. The van der Waals surface area contributed by atoms with E-state index in [4.69, 9.17) is 20.3 Å². The summed E-state index contributed by atoms with van der Waals surface area (Å²) in [5.74, 6) is -0.925. The second-order valence-electron chi connectivity index (χ2n) is 9.07. The van der Waals surface area contributed by atoms with Crippen LogP contribution in [0, 0.1) is 0 Å². The molecular formula is C27H18BrN3O8S. The number of phenols is 2. The van der Waals surface area contributed by atoms with Crippen LogP contribution < -0.4 is 20.5 Å². The van der Waals surface area contributed by atoms with Gasteiger partial charge in [-0.15, -0.1) is 0 Å². The maximum atomic E-state index is 13.2. The minimum atomic E-state index is -4.07. The monoisotopic (exact) mass is 623 g/mol. The zero-order valence-corrected chi connectivity index (χ0v) is 22.6. The van der Waals surface area contributed by atoms with E-state index in [2.05, 4.69) is 15.9 Å². The van der Waals surface area contributed by atoms with Gasteiger partial charge in [-0.25, -0.2) is 23.1 Å². The van der Waals surface area contributed by atoms with Crippen molar-refractivity contribution in [2.45, 2.75) is 10.5 Å². The average molecular weight is 624 g/mol. The van der Waals surface area contributed by atoms with E-state index in [1.165, 1.54) is 48.5 Å². The van der Waals surface area contributed by atoms with Gasteiger partial charge in [0, 0.05) is 33.8 Å². The number of rotatable bonds is 3. The first kappa shape index (κ1) is 25.7. The van der Waals surface area contributed by atoms with Gasteiger partial charge in [0.2, 0.25) is 10.0 Å². The number of urea groups is 1. The minimum absolute atomic E-state index is 0.0149. The van der Waals surface area contributed by atoms with Crippen LogP contribution in [0.1, 0.15) is 27.0 Å². The Hall–Kier alpha value is -4.59. The fraction of sp³-hybridized carbons (Fsp3) is 0.0370. The van der Waals surface area contributed by atoms with Crippen molar-refractivity contribution in [1.82, 2.24) is 0 Å². The van der Waals surface area contributed by atoms with Crippen molar-refractivity contribution in [2.24, 2.45) is 10.9 Å². The molecule has 40 heavy (non-hydrogen) atoms. The topological polar surface area (TPSA) is 182 Å². The summed E-state index contributed by atoms with van der Waals surface area (Å²) in [6.07, 6.45) is 0. The molecule has 11 nitrogen and oxygen atoms in total. The van der Waals surface area contributed by atoms with Gasteiger partial charge < -0.3 is 25.4 Å². The number of fused-ring (bicyclic) bond motifs is 6. The zero-order chi connectivity index (χ0) is 28.6.